The van der Waals surface area contributed by atoms with E-state index in [1.165, 1.54) is 31.7 Å². The zero-order valence-electron chi connectivity index (χ0n) is 11.5. The Morgan fingerprint density at radius 1 is 1.26 bits per heavy atom. The lowest BCUT2D eigenvalue weighted by Crippen LogP contribution is -2.33. The topological polar surface area (TPSA) is 50.4 Å². The van der Waals surface area contributed by atoms with Gasteiger partial charge in [0.2, 0.25) is 0 Å². The van der Waals surface area contributed by atoms with E-state index in [1.807, 2.05) is 13.0 Å². The minimum atomic E-state index is -0.273. The van der Waals surface area contributed by atoms with E-state index in [2.05, 4.69) is 10.4 Å². The highest BCUT2D eigenvalue weighted by Gasteiger charge is 2.14. The summed E-state index contributed by atoms with van der Waals surface area (Å²) in [4.78, 5) is 4.62. The van der Waals surface area contributed by atoms with Gasteiger partial charge in [-0.15, -0.1) is 0 Å². The summed E-state index contributed by atoms with van der Waals surface area (Å²) in [6, 6.07) is 5.38. The summed E-state index contributed by atoms with van der Waals surface area (Å²) in [7, 11) is 0. The molecule has 4 heteroatoms. The monoisotopic (exact) mass is 263 g/mol. The van der Waals surface area contributed by atoms with Crippen molar-refractivity contribution >= 4 is 5.84 Å². The quantitative estimate of drug-likeness (QED) is 0.283. The van der Waals surface area contributed by atoms with Gasteiger partial charge in [-0.1, -0.05) is 31.7 Å². The molecule has 0 aromatic heterocycles. The Labute approximate surface area is 114 Å². The summed E-state index contributed by atoms with van der Waals surface area (Å²) < 4.78 is 13.9. The van der Waals surface area contributed by atoms with Gasteiger partial charge in [0.1, 0.15) is 11.7 Å². The number of nitrogens with zero attached hydrogens (tertiary/aromatic N) is 1. The maximum absolute atomic E-state index is 13.9. The molecule has 1 aromatic carbocycles. The fourth-order valence-electron chi connectivity index (χ4n) is 2.57. The van der Waals surface area contributed by atoms with Gasteiger partial charge in [0.25, 0.3) is 0 Å². The van der Waals surface area contributed by atoms with Crippen molar-refractivity contribution in [3.05, 3.63) is 35.1 Å². The molecule has 0 heterocycles. The minimum Gasteiger partial charge on any atom is -0.308 e. The number of aryl methyl sites for hydroxylation is 1. The molecule has 0 atom stereocenters. The van der Waals surface area contributed by atoms with E-state index in [4.69, 9.17) is 5.84 Å². The number of nitrogens with two attached hydrogens (primary N) is 1. The van der Waals surface area contributed by atoms with Crippen molar-refractivity contribution in [1.29, 1.82) is 0 Å². The number of hydrazine groups is 1. The molecule has 0 radical (unpaired) electrons. The van der Waals surface area contributed by atoms with Crippen LogP contribution in [0.25, 0.3) is 0 Å². The summed E-state index contributed by atoms with van der Waals surface area (Å²) >= 11 is 0. The summed E-state index contributed by atoms with van der Waals surface area (Å²) in [6.45, 7) is 1.87. The highest BCUT2D eigenvalue weighted by Crippen LogP contribution is 2.21. The minimum absolute atomic E-state index is 0.259. The zero-order valence-corrected chi connectivity index (χ0v) is 11.5. The molecule has 3 nitrogen and oxygen atoms in total. The molecule has 1 aromatic rings. The Kier molecular flexibility index (Phi) is 4.91. The number of hydrogen-bond acceptors (Lipinski definition) is 2. The second-order valence-corrected chi connectivity index (χ2v) is 5.25. The molecule has 0 bridgehead atoms. The van der Waals surface area contributed by atoms with Crippen LogP contribution in [0.15, 0.2) is 23.2 Å². The second-order valence-electron chi connectivity index (χ2n) is 5.25. The van der Waals surface area contributed by atoms with Crippen LogP contribution in [0, 0.1) is 12.7 Å². The largest absolute Gasteiger partial charge is 0.308 e. The van der Waals surface area contributed by atoms with E-state index in [0.717, 1.165) is 18.4 Å². The van der Waals surface area contributed by atoms with Gasteiger partial charge < -0.3 is 5.43 Å². The van der Waals surface area contributed by atoms with Crippen molar-refractivity contribution in [2.45, 2.75) is 51.5 Å². The average molecular weight is 263 g/mol. The smallest absolute Gasteiger partial charge is 0.145 e. The Bertz CT molecular complexity index is 449. The number of hydrogen-bond donors (Lipinski definition) is 2. The van der Waals surface area contributed by atoms with E-state index < -0.39 is 0 Å². The van der Waals surface area contributed by atoms with E-state index in [-0.39, 0.29) is 11.9 Å². The number of rotatable bonds is 2. The molecule has 1 saturated carbocycles. The number of halogens is 1. The van der Waals surface area contributed by atoms with Gasteiger partial charge in [-0.05, 0) is 37.5 Å². The molecule has 1 aliphatic rings. The van der Waals surface area contributed by atoms with Crippen molar-refractivity contribution in [3.63, 3.8) is 0 Å². The lowest BCUT2D eigenvalue weighted by molar-refractivity contribution is 0.581. The lowest BCUT2D eigenvalue weighted by Gasteiger charge is -2.13. The van der Waals surface area contributed by atoms with Crippen LogP contribution in [0.3, 0.4) is 0 Å². The Morgan fingerprint density at radius 3 is 2.53 bits per heavy atom. The summed E-state index contributed by atoms with van der Waals surface area (Å²) in [5.41, 5.74) is 3.91. The van der Waals surface area contributed by atoms with Gasteiger partial charge in [0, 0.05) is 0 Å². The molecule has 0 unspecified atom stereocenters. The summed E-state index contributed by atoms with van der Waals surface area (Å²) in [5.74, 6) is 5.71. The van der Waals surface area contributed by atoms with E-state index in [1.54, 1.807) is 6.07 Å². The van der Waals surface area contributed by atoms with Crippen LogP contribution in [0.4, 0.5) is 4.39 Å². The molecule has 0 spiro atoms. The second kappa shape index (κ2) is 6.66. The van der Waals surface area contributed by atoms with Crippen molar-refractivity contribution < 1.29 is 4.39 Å². The maximum Gasteiger partial charge on any atom is 0.145 e. The van der Waals surface area contributed by atoms with Crippen molar-refractivity contribution in [1.82, 2.24) is 5.43 Å². The number of nitrogens with one attached hydrogen (secondary N) is 1. The van der Waals surface area contributed by atoms with Crippen LogP contribution in [0.5, 0.6) is 0 Å². The van der Waals surface area contributed by atoms with Gasteiger partial charge in [0.05, 0.1) is 11.6 Å². The normalized spacial score (nSPS) is 18.2. The molecule has 104 valence electrons. The Hall–Kier alpha value is -1.42. The Morgan fingerprint density at radius 2 is 1.95 bits per heavy atom. The fraction of sp³-hybridized carbons (Fsp3) is 0.533. The molecule has 0 aliphatic heterocycles. The highest BCUT2D eigenvalue weighted by molar-refractivity contribution is 5.98. The summed E-state index contributed by atoms with van der Waals surface area (Å²) in [5, 5.41) is 0. The van der Waals surface area contributed by atoms with Gasteiger partial charge in [0.15, 0.2) is 0 Å². The van der Waals surface area contributed by atoms with E-state index in [0.29, 0.717) is 11.4 Å². The first kappa shape index (κ1) is 14.0. The number of aliphatic imine (C=N–C) groups is 1. The Balaban J connectivity index is 2.22. The number of amidine groups is 1. The molecule has 19 heavy (non-hydrogen) atoms. The van der Waals surface area contributed by atoms with Gasteiger partial charge >= 0.3 is 0 Å². The molecule has 1 fully saturated rings. The van der Waals surface area contributed by atoms with Crippen molar-refractivity contribution in [2.75, 3.05) is 0 Å². The van der Waals surface area contributed by atoms with Crippen LogP contribution in [-0.2, 0) is 0 Å². The van der Waals surface area contributed by atoms with Gasteiger partial charge in [-0.2, -0.15) is 0 Å². The van der Waals surface area contributed by atoms with Gasteiger partial charge in [-0.25, -0.2) is 10.2 Å². The SMILES string of the molecule is Cc1ccc(C(=NC2CCCCCC2)NN)c(F)c1. The van der Waals surface area contributed by atoms with Gasteiger partial charge in [-0.3, -0.25) is 4.99 Å². The first-order chi connectivity index (χ1) is 9.20. The van der Waals surface area contributed by atoms with Crippen LogP contribution in [-0.4, -0.2) is 11.9 Å². The van der Waals surface area contributed by atoms with Crippen molar-refractivity contribution in [2.24, 2.45) is 10.8 Å². The van der Waals surface area contributed by atoms with Crippen LogP contribution < -0.4 is 11.3 Å². The van der Waals surface area contributed by atoms with E-state index >= 15 is 0 Å². The highest BCUT2D eigenvalue weighted by atomic mass is 19.1. The molecular formula is C15H22FN3. The molecular weight excluding hydrogens is 241 g/mol. The predicted molar refractivity (Wildman–Crippen MR) is 76.5 cm³/mol. The molecule has 2 rings (SSSR count). The molecule has 3 N–H and O–H groups in total. The third-order valence-corrected chi connectivity index (χ3v) is 3.65. The third-order valence-electron chi connectivity index (χ3n) is 3.65. The summed E-state index contributed by atoms with van der Waals surface area (Å²) in [6.07, 6.45) is 7.08. The zero-order chi connectivity index (χ0) is 13.7. The molecule has 1 aliphatic carbocycles. The third kappa shape index (κ3) is 3.77. The average Bonchev–Trinajstić information content (AvgIpc) is 2.65. The maximum atomic E-state index is 13.9. The first-order valence-electron chi connectivity index (χ1n) is 7.01. The fourth-order valence-corrected chi connectivity index (χ4v) is 2.57. The standard InChI is InChI=1S/C15H22FN3/c1-11-8-9-13(14(16)10-11)15(19-17)18-12-6-4-2-3-5-7-12/h8-10,12H,2-7,17H2,1H3,(H,18,19). The first-order valence-corrected chi connectivity index (χ1v) is 7.01. The number of benzene rings is 1. The molecule has 0 saturated heterocycles. The van der Waals surface area contributed by atoms with E-state index in [9.17, 15) is 4.39 Å². The lowest BCUT2D eigenvalue weighted by atomic mass is 10.1. The van der Waals surface area contributed by atoms with Crippen LogP contribution in [0.2, 0.25) is 0 Å². The van der Waals surface area contributed by atoms with Crippen LogP contribution in [0.1, 0.15) is 49.7 Å². The predicted octanol–water partition coefficient (Wildman–Crippen LogP) is 3.07. The van der Waals surface area contributed by atoms with Crippen molar-refractivity contribution in [3.8, 4) is 0 Å². The molecule has 0 amide bonds. The van der Waals surface area contributed by atoms with Crippen LogP contribution >= 0.6 is 0 Å².